The summed E-state index contributed by atoms with van der Waals surface area (Å²) in [5.41, 5.74) is 9.87. The van der Waals surface area contributed by atoms with Gasteiger partial charge in [-0.25, -0.2) is 4.98 Å². The molecule has 0 amide bonds. The molecule has 7 heteroatoms. The van der Waals surface area contributed by atoms with Crippen molar-refractivity contribution < 1.29 is 4.92 Å². The van der Waals surface area contributed by atoms with Crippen LogP contribution in [0.25, 0.3) is 16.9 Å². The molecule has 2 N–H and O–H groups in total. The van der Waals surface area contributed by atoms with E-state index in [0.717, 1.165) is 16.9 Å². The van der Waals surface area contributed by atoms with Gasteiger partial charge in [0.1, 0.15) is 5.65 Å². The molecule has 0 aliphatic heterocycles. The minimum atomic E-state index is -0.417. The van der Waals surface area contributed by atoms with Gasteiger partial charge in [-0.15, -0.1) is 0 Å². The number of benzene rings is 1. The molecule has 3 aromatic rings. The number of non-ortho nitro benzene ring substituents is 1. The molecule has 0 radical (unpaired) electrons. The van der Waals surface area contributed by atoms with Crippen molar-refractivity contribution in [3.8, 4) is 11.3 Å². The van der Waals surface area contributed by atoms with E-state index in [0.29, 0.717) is 16.2 Å². The highest BCUT2D eigenvalue weighted by molar-refractivity contribution is 7.80. The molecule has 3 rings (SSSR count). The Morgan fingerprint density at radius 1 is 1.38 bits per heavy atom. The fraction of sp³-hybridized carbons (Fsp3) is 0.176. The molecule has 1 unspecified atom stereocenters. The van der Waals surface area contributed by atoms with Crippen LogP contribution in [0.4, 0.5) is 5.69 Å². The van der Waals surface area contributed by atoms with Gasteiger partial charge in [0.05, 0.1) is 21.3 Å². The van der Waals surface area contributed by atoms with Crippen LogP contribution in [0.3, 0.4) is 0 Å². The molecule has 0 spiro atoms. The van der Waals surface area contributed by atoms with Crippen molar-refractivity contribution >= 4 is 28.5 Å². The molecule has 1 atom stereocenters. The van der Waals surface area contributed by atoms with E-state index in [1.807, 2.05) is 36.6 Å². The Hall–Kier alpha value is -2.80. The lowest BCUT2D eigenvalue weighted by Gasteiger charge is -2.12. The Bertz CT molecular complexity index is 964. The second kappa shape index (κ2) is 6.01. The number of imidazole rings is 1. The normalized spacial score (nSPS) is 12.2. The number of hydrogen-bond acceptors (Lipinski definition) is 4. The van der Waals surface area contributed by atoms with Gasteiger partial charge in [0, 0.05) is 29.8 Å². The van der Waals surface area contributed by atoms with Gasteiger partial charge < -0.3 is 10.1 Å². The highest BCUT2D eigenvalue weighted by Gasteiger charge is 2.22. The lowest BCUT2D eigenvalue weighted by molar-refractivity contribution is -0.384. The van der Waals surface area contributed by atoms with Crippen molar-refractivity contribution in [2.24, 2.45) is 5.73 Å². The second-order valence-corrected chi connectivity index (χ2v) is 6.18. The van der Waals surface area contributed by atoms with Crippen molar-refractivity contribution in [3.63, 3.8) is 0 Å². The summed E-state index contributed by atoms with van der Waals surface area (Å²) in [7, 11) is 0. The number of fused-ring (bicyclic) bond motifs is 1. The fourth-order valence-corrected chi connectivity index (χ4v) is 2.80. The van der Waals surface area contributed by atoms with Gasteiger partial charge in [0.25, 0.3) is 5.69 Å². The second-order valence-electron chi connectivity index (χ2n) is 5.71. The predicted molar refractivity (Wildman–Crippen MR) is 97.2 cm³/mol. The smallest absolute Gasteiger partial charge is 0.270 e. The number of nitrogens with zero attached hydrogens (tertiary/aromatic N) is 3. The summed E-state index contributed by atoms with van der Waals surface area (Å²) >= 11 is 5.16. The minimum absolute atomic E-state index is 0.0228. The molecule has 1 aromatic carbocycles. The Kier molecular flexibility index (Phi) is 4.02. The van der Waals surface area contributed by atoms with E-state index in [2.05, 4.69) is 4.98 Å². The first-order valence-electron chi connectivity index (χ1n) is 7.41. The van der Waals surface area contributed by atoms with Gasteiger partial charge in [0.2, 0.25) is 0 Å². The maximum absolute atomic E-state index is 11.1. The van der Waals surface area contributed by atoms with E-state index >= 15 is 0 Å². The Morgan fingerprint density at radius 2 is 2.12 bits per heavy atom. The highest BCUT2D eigenvalue weighted by atomic mass is 32.1. The van der Waals surface area contributed by atoms with E-state index in [1.165, 1.54) is 12.1 Å². The van der Waals surface area contributed by atoms with Crippen LogP contribution in [0.5, 0.6) is 0 Å². The number of nitro benzene ring substituents is 1. The summed E-state index contributed by atoms with van der Waals surface area (Å²) in [5, 5.41) is 11.1. The standard InChI is InChI=1S/C17H16N4O2S/c1-10-6-7-20-14(8-10)19-15(16(20)11(2)17(18)24)12-4-3-5-13(9-12)21(22)23/h3-9,11H,1-2H3,(H2,18,24). The molecule has 0 aliphatic rings. The maximum atomic E-state index is 11.1. The van der Waals surface area contributed by atoms with Gasteiger partial charge in [-0.1, -0.05) is 31.3 Å². The SMILES string of the molecule is Cc1ccn2c(C(C)C(N)=S)c(-c3cccc([N+](=O)[O-])c3)nc2c1. The molecule has 0 aliphatic carbocycles. The largest absolute Gasteiger partial charge is 0.393 e. The van der Waals surface area contributed by atoms with Crippen LogP contribution in [0, 0.1) is 17.0 Å². The molecule has 0 fully saturated rings. The van der Waals surface area contributed by atoms with E-state index < -0.39 is 4.92 Å². The van der Waals surface area contributed by atoms with Crippen LogP contribution in [-0.2, 0) is 0 Å². The number of aryl methyl sites for hydroxylation is 1. The average molecular weight is 340 g/mol. The third-order valence-electron chi connectivity index (χ3n) is 3.99. The number of nitrogens with two attached hydrogens (primary N) is 1. The Balaban J connectivity index is 2.30. The van der Waals surface area contributed by atoms with Gasteiger partial charge in [-0.05, 0) is 24.6 Å². The van der Waals surface area contributed by atoms with Gasteiger partial charge in [0.15, 0.2) is 0 Å². The Morgan fingerprint density at radius 3 is 2.79 bits per heavy atom. The van der Waals surface area contributed by atoms with E-state index in [4.69, 9.17) is 18.0 Å². The zero-order chi connectivity index (χ0) is 17.4. The van der Waals surface area contributed by atoms with Crippen LogP contribution in [-0.4, -0.2) is 19.3 Å². The van der Waals surface area contributed by atoms with Crippen molar-refractivity contribution in [1.82, 2.24) is 9.38 Å². The number of aromatic nitrogens is 2. The molecule has 0 saturated heterocycles. The van der Waals surface area contributed by atoms with Gasteiger partial charge >= 0.3 is 0 Å². The first-order chi connectivity index (χ1) is 11.4. The molecule has 2 aromatic heterocycles. The lowest BCUT2D eigenvalue weighted by atomic mass is 10.0. The van der Waals surface area contributed by atoms with E-state index in [9.17, 15) is 10.1 Å². The fourth-order valence-electron chi connectivity index (χ4n) is 2.69. The predicted octanol–water partition coefficient (Wildman–Crippen LogP) is 3.61. The number of rotatable bonds is 4. The zero-order valence-corrected chi connectivity index (χ0v) is 14.1. The topological polar surface area (TPSA) is 86.5 Å². The van der Waals surface area contributed by atoms with Crippen LogP contribution in [0.1, 0.15) is 24.1 Å². The summed E-state index contributed by atoms with van der Waals surface area (Å²) in [6.45, 7) is 3.89. The molecule has 24 heavy (non-hydrogen) atoms. The summed E-state index contributed by atoms with van der Waals surface area (Å²) in [5.74, 6) is -0.216. The van der Waals surface area contributed by atoms with Crippen molar-refractivity contribution in [3.05, 3.63) is 64.0 Å². The molecule has 2 heterocycles. The van der Waals surface area contributed by atoms with Crippen molar-refractivity contribution in [1.29, 1.82) is 0 Å². The molecule has 6 nitrogen and oxygen atoms in total. The maximum Gasteiger partial charge on any atom is 0.270 e. The van der Waals surface area contributed by atoms with Crippen LogP contribution in [0.15, 0.2) is 42.6 Å². The Labute approximate surface area is 144 Å². The van der Waals surface area contributed by atoms with Crippen molar-refractivity contribution in [2.45, 2.75) is 19.8 Å². The first-order valence-corrected chi connectivity index (χ1v) is 7.82. The van der Waals surface area contributed by atoms with Gasteiger partial charge in [-0.3, -0.25) is 10.1 Å². The number of thiocarbonyl (C=S) groups is 1. The minimum Gasteiger partial charge on any atom is -0.393 e. The summed E-state index contributed by atoms with van der Waals surface area (Å²) in [4.78, 5) is 15.7. The third kappa shape index (κ3) is 2.74. The quantitative estimate of drug-likeness (QED) is 0.445. The number of hydrogen-bond donors (Lipinski definition) is 1. The third-order valence-corrected chi connectivity index (χ3v) is 4.34. The van der Waals surface area contributed by atoms with Crippen LogP contribution >= 0.6 is 12.2 Å². The summed E-state index contributed by atoms with van der Waals surface area (Å²) < 4.78 is 1.94. The van der Waals surface area contributed by atoms with Crippen LogP contribution < -0.4 is 5.73 Å². The van der Waals surface area contributed by atoms with E-state index in [-0.39, 0.29) is 11.6 Å². The van der Waals surface area contributed by atoms with Gasteiger partial charge in [-0.2, -0.15) is 0 Å². The zero-order valence-electron chi connectivity index (χ0n) is 13.3. The summed E-state index contributed by atoms with van der Waals surface area (Å²) in [6, 6.07) is 10.4. The molecule has 122 valence electrons. The molecular weight excluding hydrogens is 324 g/mol. The lowest BCUT2D eigenvalue weighted by Crippen LogP contribution is -2.18. The number of pyridine rings is 1. The van der Waals surface area contributed by atoms with Crippen LogP contribution in [0.2, 0.25) is 0 Å². The highest BCUT2D eigenvalue weighted by Crippen LogP contribution is 2.32. The summed E-state index contributed by atoms with van der Waals surface area (Å²) in [6.07, 6.45) is 1.92. The molecule has 0 saturated carbocycles. The van der Waals surface area contributed by atoms with E-state index in [1.54, 1.807) is 12.1 Å². The monoisotopic (exact) mass is 340 g/mol. The number of nitro groups is 1. The average Bonchev–Trinajstić information content (AvgIpc) is 2.92. The first kappa shape index (κ1) is 16.1. The molecule has 0 bridgehead atoms. The van der Waals surface area contributed by atoms with Crippen molar-refractivity contribution in [2.75, 3.05) is 0 Å². The molecular formula is C17H16N4O2S.